The molecule has 0 fully saturated rings. The zero-order chi connectivity index (χ0) is 7.66. The second-order valence-electron chi connectivity index (χ2n) is 1.67. The van der Waals surface area contributed by atoms with Crippen molar-refractivity contribution in [2.24, 2.45) is 0 Å². The van der Waals surface area contributed by atoms with E-state index >= 15 is 0 Å². The second-order valence-corrected chi connectivity index (χ2v) is 1.67. The minimum atomic E-state index is 0. The number of rotatable bonds is 7. The van der Waals surface area contributed by atoms with Crippen LogP contribution in [0.25, 0.3) is 0 Å². The molecule has 0 unspecified atom stereocenters. The molecule has 11 heavy (non-hydrogen) atoms. The summed E-state index contributed by atoms with van der Waals surface area (Å²) in [5.41, 5.74) is 0. The van der Waals surface area contributed by atoms with Crippen LogP contribution in [0.4, 0.5) is 4.70 Å². The van der Waals surface area contributed by atoms with E-state index in [2.05, 4.69) is 0 Å². The maximum absolute atomic E-state index is 8.26. The number of hydrogen-bond acceptors (Lipinski definition) is 4. The van der Waals surface area contributed by atoms with Crippen LogP contribution in [0, 0.1) is 0 Å². The van der Waals surface area contributed by atoms with Crippen LogP contribution in [0.5, 0.6) is 0 Å². The van der Waals surface area contributed by atoms with Crippen LogP contribution in [0.15, 0.2) is 0 Å². The fourth-order valence-corrected chi connectivity index (χ4v) is 0.451. The number of hydrogen-bond donors (Lipinski definition) is 2. The van der Waals surface area contributed by atoms with Crippen LogP contribution < -0.4 is 0 Å². The summed E-state index contributed by atoms with van der Waals surface area (Å²) in [6, 6.07) is 0. The lowest BCUT2D eigenvalue weighted by atomic mass is 10.7. The summed E-state index contributed by atoms with van der Waals surface area (Å²) in [7, 11) is 0. The smallest absolute Gasteiger partial charge is 0.0701 e. The van der Waals surface area contributed by atoms with Gasteiger partial charge in [0.25, 0.3) is 0 Å². The Morgan fingerprint density at radius 1 is 0.727 bits per heavy atom. The largest absolute Gasteiger partial charge is 0.394 e. The average Bonchev–Trinajstić information content (AvgIpc) is 1.97. The molecule has 0 spiro atoms. The second kappa shape index (κ2) is 12.4. The molecule has 0 atom stereocenters. The average molecular weight is 170 g/mol. The molecule has 70 valence electrons. The molecule has 0 saturated heterocycles. The van der Waals surface area contributed by atoms with Gasteiger partial charge in [-0.25, -0.2) is 0 Å². The molecule has 0 aliphatic rings. The van der Waals surface area contributed by atoms with E-state index in [1.54, 1.807) is 0 Å². The van der Waals surface area contributed by atoms with Gasteiger partial charge in [-0.2, -0.15) is 0 Å². The zero-order valence-electron chi connectivity index (χ0n) is 6.36. The van der Waals surface area contributed by atoms with Gasteiger partial charge in [-0.15, -0.1) is 0 Å². The van der Waals surface area contributed by atoms with Gasteiger partial charge in [0.2, 0.25) is 0 Å². The molecular weight excluding hydrogens is 155 g/mol. The van der Waals surface area contributed by atoms with Crippen molar-refractivity contribution in [2.45, 2.75) is 0 Å². The summed E-state index contributed by atoms with van der Waals surface area (Å²) < 4.78 is 9.75. The van der Waals surface area contributed by atoms with Gasteiger partial charge in [0.15, 0.2) is 0 Å². The molecule has 5 heteroatoms. The van der Waals surface area contributed by atoms with Gasteiger partial charge in [-0.05, 0) is 0 Å². The Kier molecular flexibility index (Phi) is 15.1. The number of halogens is 1. The highest BCUT2D eigenvalue weighted by atomic mass is 19.0. The molecule has 0 saturated carbocycles. The molecule has 0 amide bonds. The Morgan fingerprint density at radius 2 is 1.09 bits per heavy atom. The van der Waals surface area contributed by atoms with E-state index in [1.165, 1.54) is 0 Å². The summed E-state index contributed by atoms with van der Waals surface area (Å²) in [4.78, 5) is 0. The zero-order valence-corrected chi connectivity index (χ0v) is 6.36. The molecule has 0 aromatic heterocycles. The van der Waals surface area contributed by atoms with E-state index in [4.69, 9.17) is 19.7 Å². The van der Waals surface area contributed by atoms with E-state index in [0.717, 1.165) is 0 Å². The molecule has 0 aromatic rings. The van der Waals surface area contributed by atoms with Crippen LogP contribution in [-0.4, -0.2) is 49.9 Å². The fourth-order valence-electron chi connectivity index (χ4n) is 0.451. The maximum Gasteiger partial charge on any atom is 0.0701 e. The molecule has 0 aliphatic heterocycles. The Balaban J connectivity index is 0. The van der Waals surface area contributed by atoms with Crippen molar-refractivity contribution in [1.82, 2.24) is 0 Å². The van der Waals surface area contributed by atoms with Crippen molar-refractivity contribution < 1.29 is 24.4 Å². The molecular formula is C6H15FO4. The predicted molar refractivity (Wildman–Crippen MR) is 38.3 cm³/mol. The summed E-state index contributed by atoms with van der Waals surface area (Å²) in [5, 5.41) is 16.5. The van der Waals surface area contributed by atoms with Crippen molar-refractivity contribution >= 4 is 0 Å². The van der Waals surface area contributed by atoms with Crippen molar-refractivity contribution in [3.63, 3.8) is 0 Å². The Hall–Kier alpha value is -0.230. The quantitative estimate of drug-likeness (QED) is 0.489. The lowest BCUT2D eigenvalue weighted by Gasteiger charge is -2.01. The van der Waals surface area contributed by atoms with Crippen LogP contribution in [-0.2, 0) is 9.47 Å². The SMILES string of the molecule is F.OCCOCCOCCO. The van der Waals surface area contributed by atoms with Gasteiger partial charge in [0.05, 0.1) is 39.6 Å². The van der Waals surface area contributed by atoms with E-state index in [0.29, 0.717) is 26.4 Å². The van der Waals surface area contributed by atoms with E-state index in [-0.39, 0.29) is 17.9 Å². The third-order valence-corrected chi connectivity index (χ3v) is 0.843. The summed E-state index contributed by atoms with van der Waals surface area (Å²) in [6.45, 7) is 1.73. The van der Waals surface area contributed by atoms with Crippen molar-refractivity contribution in [3.8, 4) is 0 Å². The molecule has 4 nitrogen and oxygen atoms in total. The molecule has 0 aromatic carbocycles. The highest BCUT2D eigenvalue weighted by Gasteiger charge is 1.86. The minimum absolute atomic E-state index is 0. The maximum atomic E-state index is 8.26. The Bertz CT molecular complexity index is 54.5. The van der Waals surface area contributed by atoms with Crippen LogP contribution >= 0.6 is 0 Å². The molecule has 2 N–H and O–H groups in total. The van der Waals surface area contributed by atoms with Gasteiger partial charge in [0, 0.05) is 0 Å². The van der Waals surface area contributed by atoms with Gasteiger partial charge >= 0.3 is 0 Å². The van der Waals surface area contributed by atoms with Gasteiger partial charge in [0.1, 0.15) is 0 Å². The highest BCUT2D eigenvalue weighted by molar-refractivity contribution is 4.30. The van der Waals surface area contributed by atoms with Crippen molar-refractivity contribution in [1.29, 1.82) is 0 Å². The molecule has 0 radical (unpaired) electrons. The third kappa shape index (κ3) is 12.9. The number of aliphatic hydroxyl groups is 2. The first kappa shape index (κ1) is 13.4. The topological polar surface area (TPSA) is 58.9 Å². The third-order valence-electron chi connectivity index (χ3n) is 0.843. The predicted octanol–water partition coefficient (Wildman–Crippen LogP) is -0.843. The highest BCUT2D eigenvalue weighted by Crippen LogP contribution is 1.76. The first-order chi connectivity index (χ1) is 4.91. The lowest BCUT2D eigenvalue weighted by Crippen LogP contribution is -2.09. The Labute approximate surface area is 65.1 Å². The first-order valence-electron chi connectivity index (χ1n) is 3.29. The van der Waals surface area contributed by atoms with Gasteiger partial charge in [-0.1, -0.05) is 0 Å². The van der Waals surface area contributed by atoms with Crippen LogP contribution in [0.2, 0.25) is 0 Å². The molecule has 0 aliphatic carbocycles. The van der Waals surface area contributed by atoms with Gasteiger partial charge in [-0.3, -0.25) is 4.70 Å². The molecule has 0 heterocycles. The molecule has 0 bridgehead atoms. The minimum Gasteiger partial charge on any atom is -0.394 e. The fraction of sp³-hybridized carbons (Fsp3) is 1.00. The van der Waals surface area contributed by atoms with E-state index < -0.39 is 0 Å². The number of ether oxygens (including phenoxy) is 2. The van der Waals surface area contributed by atoms with Crippen LogP contribution in [0.1, 0.15) is 0 Å². The lowest BCUT2D eigenvalue weighted by molar-refractivity contribution is 0.0222. The first-order valence-corrected chi connectivity index (χ1v) is 3.29. The molecule has 0 rings (SSSR count). The van der Waals surface area contributed by atoms with Crippen LogP contribution in [0.3, 0.4) is 0 Å². The Morgan fingerprint density at radius 3 is 1.36 bits per heavy atom. The summed E-state index contributed by atoms with van der Waals surface area (Å²) >= 11 is 0. The monoisotopic (exact) mass is 170 g/mol. The summed E-state index contributed by atoms with van der Waals surface area (Å²) in [5.74, 6) is 0. The van der Waals surface area contributed by atoms with E-state index in [9.17, 15) is 0 Å². The van der Waals surface area contributed by atoms with Gasteiger partial charge < -0.3 is 19.7 Å². The summed E-state index contributed by atoms with van der Waals surface area (Å²) in [6.07, 6.45) is 0. The normalized spacial score (nSPS) is 9.27. The van der Waals surface area contributed by atoms with Crippen molar-refractivity contribution in [3.05, 3.63) is 0 Å². The standard InChI is InChI=1S/C6H14O4.FH/c7-1-3-9-5-6-10-4-2-8;/h7-8H,1-6H2;1H. The van der Waals surface area contributed by atoms with Crippen molar-refractivity contribution in [2.75, 3.05) is 39.6 Å². The number of aliphatic hydroxyl groups excluding tert-OH is 2. The van der Waals surface area contributed by atoms with E-state index in [1.807, 2.05) is 0 Å².